The number of carbonyl (C=O) groups excluding carboxylic acids is 2. The minimum atomic E-state index is -0.515. The van der Waals surface area contributed by atoms with Gasteiger partial charge in [0, 0.05) is 17.6 Å². The van der Waals surface area contributed by atoms with Crippen molar-refractivity contribution in [2.75, 3.05) is 0 Å². The van der Waals surface area contributed by atoms with Crippen molar-refractivity contribution < 1.29 is 9.59 Å². The summed E-state index contributed by atoms with van der Waals surface area (Å²) in [5, 5.41) is 6.01. The van der Waals surface area contributed by atoms with Crippen LogP contribution in [0.3, 0.4) is 0 Å². The number of hydrogen-bond donors (Lipinski definition) is 3. The Morgan fingerprint density at radius 1 is 1.16 bits per heavy atom. The summed E-state index contributed by atoms with van der Waals surface area (Å²) >= 11 is 0. The molecular weight excluding hydrogens is 338 g/mol. The van der Waals surface area contributed by atoms with Crippen LogP contribution < -0.4 is 16.4 Å². The second kappa shape index (κ2) is 10.4. The van der Waals surface area contributed by atoms with Crippen molar-refractivity contribution >= 4 is 24.2 Å². The normalized spacial score (nSPS) is 22.2. The highest BCUT2D eigenvalue weighted by Crippen LogP contribution is 2.18. The van der Waals surface area contributed by atoms with Gasteiger partial charge in [-0.3, -0.25) is 9.59 Å². The van der Waals surface area contributed by atoms with Gasteiger partial charge in [-0.15, -0.1) is 12.4 Å². The standard InChI is InChI=1S/C19H29N3O2.ClH/c1-3-13(2)17(22-18(23)14-7-5-4-6-8-14)19(24)21-16-11-9-15(20)10-12-16;/h4-8,13,15-17H,3,9-12,20H2,1-2H3,(H,21,24)(H,22,23);1H. The van der Waals surface area contributed by atoms with E-state index >= 15 is 0 Å². The molecule has 0 heterocycles. The molecule has 25 heavy (non-hydrogen) atoms. The van der Waals surface area contributed by atoms with Gasteiger partial charge >= 0.3 is 0 Å². The molecule has 0 aliphatic heterocycles. The molecule has 2 atom stereocenters. The second-order valence-corrected chi connectivity index (χ2v) is 6.82. The molecule has 2 unspecified atom stereocenters. The summed E-state index contributed by atoms with van der Waals surface area (Å²) in [4.78, 5) is 25.1. The van der Waals surface area contributed by atoms with Crippen molar-refractivity contribution in [3.8, 4) is 0 Å². The molecule has 1 aliphatic rings. The maximum Gasteiger partial charge on any atom is 0.251 e. The molecule has 0 saturated heterocycles. The summed E-state index contributed by atoms with van der Waals surface area (Å²) in [5.74, 6) is -0.223. The average Bonchev–Trinajstić information content (AvgIpc) is 2.61. The fourth-order valence-corrected chi connectivity index (χ4v) is 3.07. The fourth-order valence-electron chi connectivity index (χ4n) is 3.07. The van der Waals surface area contributed by atoms with E-state index in [0.29, 0.717) is 5.56 Å². The number of carbonyl (C=O) groups is 2. The van der Waals surface area contributed by atoms with E-state index in [2.05, 4.69) is 10.6 Å². The van der Waals surface area contributed by atoms with Gasteiger partial charge in [0.1, 0.15) is 6.04 Å². The first kappa shape index (κ1) is 21.5. The van der Waals surface area contributed by atoms with Gasteiger partial charge in [0.2, 0.25) is 5.91 Å². The minimum Gasteiger partial charge on any atom is -0.352 e. The van der Waals surface area contributed by atoms with Gasteiger partial charge in [-0.25, -0.2) is 0 Å². The molecule has 0 aromatic heterocycles. The molecule has 6 heteroatoms. The maximum atomic E-state index is 12.7. The zero-order valence-electron chi connectivity index (χ0n) is 15.0. The highest BCUT2D eigenvalue weighted by Gasteiger charge is 2.29. The Kier molecular flexibility index (Phi) is 8.93. The smallest absolute Gasteiger partial charge is 0.251 e. The SMILES string of the molecule is CCC(C)C(NC(=O)c1ccccc1)C(=O)NC1CCC(N)CC1.Cl. The molecule has 140 valence electrons. The zero-order chi connectivity index (χ0) is 17.5. The Hall–Kier alpha value is -1.59. The van der Waals surface area contributed by atoms with Crippen molar-refractivity contribution in [2.24, 2.45) is 11.7 Å². The minimum absolute atomic E-state index is 0. The van der Waals surface area contributed by atoms with Crippen LogP contribution in [0.5, 0.6) is 0 Å². The second-order valence-electron chi connectivity index (χ2n) is 6.82. The molecule has 0 bridgehead atoms. The molecule has 4 N–H and O–H groups in total. The van der Waals surface area contributed by atoms with Crippen LogP contribution in [0.1, 0.15) is 56.3 Å². The number of benzene rings is 1. The molecule has 0 spiro atoms. The summed E-state index contributed by atoms with van der Waals surface area (Å²) < 4.78 is 0. The van der Waals surface area contributed by atoms with Crippen molar-refractivity contribution in [1.82, 2.24) is 10.6 Å². The number of nitrogens with one attached hydrogen (secondary N) is 2. The number of amides is 2. The maximum absolute atomic E-state index is 12.7. The van der Waals surface area contributed by atoms with Gasteiger partial charge < -0.3 is 16.4 Å². The molecule has 1 aliphatic carbocycles. The Morgan fingerprint density at radius 2 is 1.76 bits per heavy atom. The highest BCUT2D eigenvalue weighted by molar-refractivity contribution is 5.97. The molecule has 2 amide bonds. The molecule has 1 fully saturated rings. The van der Waals surface area contributed by atoms with Crippen molar-refractivity contribution in [1.29, 1.82) is 0 Å². The largest absolute Gasteiger partial charge is 0.352 e. The van der Waals surface area contributed by atoms with Crippen LogP contribution in [0.25, 0.3) is 0 Å². The van der Waals surface area contributed by atoms with Crippen LogP contribution in [0, 0.1) is 5.92 Å². The third kappa shape index (κ3) is 6.33. The summed E-state index contributed by atoms with van der Waals surface area (Å²) in [7, 11) is 0. The van der Waals surface area contributed by atoms with Gasteiger partial charge in [0.15, 0.2) is 0 Å². The Bertz CT molecular complexity index is 545. The third-order valence-corrected chi connectivity index (χ3v) is 4.94. The van der Waals surface area contributed by atoms with E-state index < -0.39 is 6.04 Å². The van der Waals surface area contributed by atoms with Gasteiger partial charge in [0.05, 0.1) is 0 Å². The molecular formula is C19H30ClN3O2. The van der Waals surface area contributed by atoms with Crippen molar-refractivity contribution in [3.05, 3.63) is 35.9 Å². The van der Waals surface area contributed by atoms with Crippen LogP contribution in [0.2, 0.25) is 0 Å². The summed E-state index contributed by atoms with van der Waals surface area (Å²) in [6.07, 6.45) is 4.52. The van der Waals surface area contributed by atoms with E-state index in [0.717, 1.165) is 32.1 Å². The lowest BCUT2D eigenvalue weighted by Crippen LogP contribution is -2.53. The van der Waals surface area contributed by atoms with Crippen LogP contribution in [-0.2, 0) is 4.79 Å². The monoisotopic (exact) mass is 367 g/mol. The summed E-state index contributed by atoms with van der Waals surface area (Å²) in [6, 6.07) is 8.91. The Morgan fingerprint density at radius 3 is 2.32 bits per heavy atom. The van der Waals surface area contributed by atoms with Crippen LogP contribution in [-0.4, -0.2) is 29.9 Å². The highest BCUT2D eigenvalue weighted by atomic mass is 35.5. The Balaban J connectivity index is 0.00000312. The lowest BCUT2D eigenvalue weighted by Gasteiger charge is -2.30. The average molecular weight is 368 g/mol. The van der Waals surface area contributed by atoms with E-state index in [9.17, 15) is 9.59 Å². The van der Waals surface area contributed by atoms with Crippen molar-refractivity contribution in [2.45, 2.75) is 64.1 Å². The molecule has 1 aromatic rings. The summed E-state index contributed by atoms with van der Waals surface area (Å²) in [6.45, 7) is 4.02. The van der Waals surface area contributed by atoms with Gasteiger partial charge in [-0.2, -0.15) is 0 Å². The number of hydrogen-bond acceptors (Lipinski definition) is 3. The molecule has 0 radical (unpaired) electrons. The van der Waals surface area contributed by atoms with Crippen LogP contribution in [0.15, 0.2) is 30.3 Å². The van der Waals surface area contributed by atoms with Gasteiger partial charge in [-0.1, -0.05) is 38.5 Å². The lowest BCUT2D eigenvalue weighted by molar-refractivity contribution is -0.125. The van der Waals surface area contributed by atoms with Gasteiger partial charge in [-0.05, 0) is 43.7 Å². The third-order valence-electron chi connectivity index (χ3n) is 4.94. The fraction of sp³-hybridized carbons (Fsp3) is 0.579. The number of rotatable bonds is 6. The Labute approximate surface area is 156 Å². The summed E-state index contributed by atoms with van der Waals surface area (Å²) in [5.41, 5.74) is 6.49. The van der Waals surface area contributed by atoms with E-state index in [1.807, 2.05) is 32.0 Å². The molecule has 1 aromatic carbocycles. The number of halogens is 1. The van der Waals surface area contributed by atoms with Crippen LogP contribution in [0.4, 0.5) is 0 Å². The quantitative estimate of drug-likeness (QED) is 0.722. The van der Waals surface area contributed by atoms with Crippen LogP contribution >= 0.6 is 12.4 Å². The van der Waals surface area contributed by atoms with Gasteiger partial charge in [0.25, 0.3) is 5.91 Å². The predicted molar refractivity (Wildman–Crippen MR) is 103 cm³/mol. The van der Waals surface area contributed by atoms with Crippen molar-refractivity contribution in [3.63, 3.8) is 0 Å². The topological polar surface area (TPSA) is 84.2 Å². The van der Waals surface area contributed by atoms with E-state index in [1.165, 1.54) is 0 Å². The van der Waals surface area contributed by atoms with E-state index in [-0.39, 0.29) is 42.2 Å². The number of nitrogens with two attached hydrogens (primary N) is 1. The first-order chi connectivity index (χ1) is 11.5. The zero-order valence-corrected chi connectivity index (χ0v) is 15.9. The molecule has 1 saturated carbocycles. The van der Waals surface area contributed by atoms with E-state index in [1.54, 1.807) is 12.1 Å². The lowest BCUT2D eigenvalue weighted by atomic mass is 9.91. The van der Waals surface area contributed by atoms with E-state index in [4.69, 9.17) is 5.73 Å². The first-order valence-corrected chi connectivity index (χ1v) is 8.93. The first-order valence-electron chi connectivity index (χ1n) is 8.93. The predicted octanol–water partition coefficient (Wildman–Crippen LogP) is 2.64. The molecule has 5 nitrogen and oxygen atoms in total. The molecule has 2 rings (SSSR count).